The fourth-order valence-electron chi connectivity index (χ4n) is 2.82. The van der Waals surface area contributed by atoms with Crippen LogP contribution in [0.1, 0.15) is 18.4 Å². The standard InChI is InChI=1S/C14H21BrN4/c1-16-9-11-8-12(15)10-17-14(11)19-6-4-18(5-7-19)13-2-3-13/h8,10,13,16H,2-7,9H2,1H3. The van der Waals surface area contributed by atoms with Crippen LogP contribution in [0.2, 0.25) is 0 Å². The highest BCUT2D eigenvalue weighted by Gasteiger charge is 2.31. The van der Waals surface area contributed by atoms with Crippen molar-refractivity contribution in [3.05, 3.63) is 22.3 Å². The van der Waals surface area contributed by atoms with Gasteiger partial charge in [0.1, 0.15) is 5.82 Å². The lowest BCUT2D eigenvalue weighted by atomic mass is 10.2. The zero-order valence-electron chi connectivity index (χ0n) is 11.4. The van der Waals surface area contributed by atoms with Gasteiger partial charge >= 0.3 is 0 Å². The van der Waals surface area contributed by atoms with Crippen LogP contribution in [-0.4, -0.2) is 49.2 Å². The van der Waals surface area contributed by atoms with Crippen molar-refractivity contribution < 1.29 is 0 Å². The molecule has 1 aromatic heterocycles. The van der Waals surface area contributed by atoms with E-state index in [9.17, 15) is 0 Å². The van der Waals surface area contributed by atoms with Gasteiger partial charge in [-0.05, 0) is 41.9 Å². The van der Waals surface area contributed by atoms with Gasteiger partial charge in [-0.25, -0.2) is 4.98 Å². The predicted molar refractivity (Wildman–Crippen MR) is 81.5 cm³/mol. The lowest BCUT2D eigenvalue weighted by molar-refractivity contribution is 0.247. The van der Waals surface area contributed by atoms with E-state index in [2.05, 4.69) is 42.1 Å². The molecule has 2 heterocycles. The van der Waals surface area contributed by atoms with Gasteiger partial charge in [-0.2, -0.15) is 0 Å². The van der Waals surface area contributed by atoms with E-state index in [1.54, 1.807) is 0 Å². The number of hydrogen-bond donors (Lipinski definition) is 1. The molecule has 0 radical (unpaired) electrons. The summed E-state index contributed by atoms with van der Waals surface area (Å²) in [5.41, 5.74) is 1.27. The second-order valence-electron chi connectivity index (χ2n) is 5.42. The van der Waals surface area contributed by atoms with Gasteiger partial charge in [0.15, 0.2) is 0 Å². The lowest BCUT2D eigenvalue weighted by Crippen LogP contribution is -2.47. The number of rotatable bonds is 4. The smallest absolute Gasteiger partial charge is 0.133 e. The summed E-state index contributed by atoms with van der Waals surface area (Å²) >= 11 is 3.51. The molecule has 0 atom stereocenters. The minimum Gasteiger partial charge on any atom is -0.354 e. The predicted octanol–water partition coefficient (Wildman–Crippen LogP) is 1.85. The molecule has 0 spiro atoms. The van der Waals surface area contributed by atoms with Gasteiger partial charge in [0.2, 0.25) is 0 Å². The second-order valence-corrected chi connectivity index (χ2v) is 6.34. The Balaban J connectivity index is 1.71. The van der Waals surface area contributed by atoms with Gasteiger partial charge in [0.25, 0.3) is 0 Å². The fourth-order valence-corrected chi connectivity index (χ4v) is 3.20. The molecule has 1 N–H and O–H groups in total. The van der Waals surface area contributed by atoms with E-state index in [0.717, 1.165) is 36.0 Å². The van der Waals surface area contributed by atoms with Gasteiger partial charge < -0.3 is 10.2 Å². The fraction of sp³-hybridized carbons (Fsp3) is 0.643. The molecule has 0 bridgehead atoms. The van der Waals surface area contributed by atoms with Crippen LogP contribution in [0.4, 0.5) is 5.82 Å². The Labute approximate surface area is 123 Å². The minimum absolute atomic E-state index is 0.866. The highest BCUT2D eigenvalue weighted by atomic mass is 79.9. The average molecular weight is 325 g/mol. The maximum Gasteiger partial charge on any atom is 0.133 e. The first-order valence-corrected chi connectivity index (χ1v) is 7.85. The van der Waals surface area contributed by atoms with Gasteiger partial charge in [-0.15, -0.1) is 0 Å². The number of aromatic nitrogens is 1. The van der Waals surface area contributed by atoms with Crippen LogP contribution in [0.25, 0.3) is 0 Å². The van der Waals surface area contributed by atoms with Crippen molar-refractivity contribution in [3.63, 3.8) is 0 Å². The van der Waals surface area contributed by atoms with Gasteiger partial charge in [0, 0.05) is 55.0 Å². The number of nitrogens with zero attached hydrogens (tertiary/aromatic N) is 3. The van der Waals surface area contributed by atoms with Crippen molar-refractivity contribution in [1.82, 2.24) is 15.2 Å². The number of hydrogen-bond acceptors (Lipinski definition) is 4. The Kier molecular flexibility index (Phi) is 4.05. The van der Waals surface area contributed by atoms with Crippen molar-refractivity contribution in [2.45, 2.75) is 25.4 Å². The summed E-state index contributed by atoms with van der Waals surface area (Å²) in [6.45, 7) is 5.43. The molecular weight excluding hydrogens is 304 g/mol. The van der Waals surface area contributed by atoms with Crippen molar-refractivity contribution in [2.75, 3.05) is 38.1 Å². The number of anilines is 1. The largest absolute Gasteiger partial charge is 0.354 e. The van der Waals surface area contributed by atoms with Crippen LogP contribution in [0.5, 0.6) is 0 Å². The van der Waals surface area contributed by atoms with E-state index in [1.807, 2.05) is 13.2 Å². The molecule has 5 heteroatoms. The van der Waals surface area contributed by atoms with E-state index >= 15 is 0 Å². The third kappa shape index (κ3) is 3.09. The molecule has 0 amide bonds. The van der Waals surface area contributed by atoms with E-state index in [0.29, 0.717) is 0 Å². The normalized spacial score (nSPS) is 20.8. The molecule has 2 fully saturated rings. The quantitative estimate of drug-likeness (QED) is 0.915. The number of piperazine rings is 1. The Morgan fingerprint density at radius 1 is 1.32 bits per heavy atom. The first-order valence-electron chi connectivity index (χ1n) is 7.06. The monoisotopic (exact) mass is 324 g/mol. The zero-order valence-corrected chi connectivity index (χ0v) is 13.0. The summed E-state index contributed by atoms with van der Waals surface area (Å²) in [6.07, 6.45) is 4.71. The van der Waals surface area contributed by atoms with Gasteiger partial charge in [-0.1, -0.05) is 0 Å². The van der Waals surface area contributed by atoms with E-state index in [-0.39, 0.29) is 0 Å². The average Bonchev–Trinajstić information content (AvgIpc) is 3.24. The molecule has 19 heavy (non-hydrogen) atoms. The van der Waals surface area contributed by atoms with Gasteiger partial charge in [-0.3, -0.25) is 4.90 Å². The van der Waals surface area contributed by atoms with Crippen molar-refractivity contribution in [2.24, 2.45) is 0 Å². The molecule has 3 rings (SSSR count). The first-order chi connectivity index (χ1) is 9.28. The third-order valence-corrected chi connectivity index (χ3v) is 4.39. The highest BCUT2D eigenvalue weighted by molar-refractivity contribution is 9.10. The Morgan fingerprint density at radius 3 is 2.68 bits per heavy atom. The summed E-state index contributed by atoms with van der Waals surface area (Å²) in [6, 6.07) is 3.06. The van der Waals surface area contributed by atoms with E-state index in [1.165, 1.54) is 31.5 Å². The van der Waals surface area contributed by atoms with Crippen LogP contribution in [-0.2, 0) is 6.54 Å². The van der Waals surface area contributed by atoms with Crippen LogP contribution in [0.15, 0.2) is 16.7 Å². The maximum atomic E-state index is 4.63. The molecule has 104 valence electrons. The number of nitrogens with one attached hydrogen (secondary N) is 1. The number of pyridine rings is 1. The summed E-state index contributed by atoms with van der Waals surface area (Å²) < 4.78 is 1.05. The molecule has 2 aliphatic rings. The summed E-state index contributed by atoms with van der Waals surface area (Å²) in [5.74, 6) is 1.15. The molecule has 0 unspecified atom stereocenters. The third-order valence-electron chi connectivity index (χ3n) is 3.95. The molecule has 1 saturated carbocycles. The lowest BCUT2D eigenvalue weighted by Gasteiger charge is -2.36. The van der Waals surface area contributed by atoms with Crippen molar-refractivity contribution in [3.8, 4) is 0 Å². The second kappa shape index (κ2) is 5.77. The summed E-state index contributed by atoms with van der Waals surface area (Å²) in [7, 11) is 1.98. The van der Waals surface area contributed by atoms with E-state index in [4.69, 9.17) is 0 Å². The number of halogens is 1. The Hall–Kier alpha value is -0.650. The Morgan fingerprint density at radius 2 is 2.05 bits per heavy atom. The van der Waals surface area contributed by atoms with Gasteiger partial charge in [0.05, 0.1) is 0 Å². The Bertz CT molecular complexity index is 439. The first kappa shape index (κ1) is 13.3. The van der Waals surface area contributed by atoms with Crippen molar-refractivity contribution >= 4 is 21.7 Å². The maximum absolute atomic E-state index is 4.63. The van der Waals surface area contributed by atoms with E-state index < -0.39 is 0 Å². The summed E-state index contributed by atoms with van der Waals surface area (Å²) in [4.78, 5) is 9.69. The van der Waals surface area contributed by atoms with Crippen LogP contribution < -0.4 is 10.2 Å². The van der Waals surface area contributed by atoms with Crippen molar-refractivity contribution in [1.29, 1.82) is 0 Å². The summed E-state index contributed by atoms with van der Waals surface area (Å²) in [5, 5.41) is 3.23. The molecule has 1 saturated heterocycles. The molecule has 1 aliphatic carbocycles. The zero-order chi connectivity index (χ0) is 13.2. The highest BCUT2D eigenvalue weighted by Crippen LogP contribution is 2.29. The molecule has 4 nitrogen and oxygen atoms in total. The molecular formula is C14H21BrN4. The SMILES string of the molecule is CNCc1cc(Br)cnc1N1CCN(C2CC2)CC1. The van der Waals surface area contributed by atoms with Crippen LogP contribution in [0, 0.1) is 0 Å². The molecule has 1 aliphatic heterocycles. The van der Waals surface area contributed by atoms with Crippen LogP contribution in [0.3, 0.4) is 0 Å². The topological polar surface area (TPSA) is 31.4 Å². The molecule has 1 aromatic rings. The minimum atomic E-state index is 0.866. The van der Waals surface area contributed by atoms with Crippen LogP contribution >= 0.6 is 15.9 Å². The molecule has 0 aromatic carbocycles.